The van der Waals surface area contributed by atoms with E-state index in [1.54, 1.807) is 0 Å². The molecule has 5 heteroatoms. The van der Waals surface area contributed by atoms with E-state index >= 15 is 0 Å². The predicted molar refractivity (Wildman–Crippen MR) is 139 cm³/mol. The molecule has 0 atom stereocenters. The van der Waals surface area contributed by atoms with Gasteiger partial charge >= 0.3 is 0 Å². The minimum absolute atomic E-state index is 0. The molecular formula is C26H16NiS4-4. The largest absolute Gasteiger partial charge is 0.785 e. The van der Waals surface area contributed by atoms with Crippen LogP contribution in [0.3, 0.4) is 0 Å². The maximum Gasteiger partial charge on any atom is 0 e. The van der Waals surface area contributed by atoms with Crippen molar-refractivity contribution < 1.29 is 16.5 Å². The molecule has 4 aromatic rings. The zero-order chi connectivity index (χ0) is 20.8. The summed E-state index contributed by atoms with van der Waals surface area (Å²) in [5.74, 6) is 0. The quantitative estimate of drug-likeness (QED) is 0.199. The third kappa shape index (κ3) is 3.95. The van der Waals surface area contributed by atoms with E-state index in [-0.39, 0.29) is 16.5 Å². The molecule has 0 radical (unpaired) electrons. The van der Waals surface area contributed by atoms with Crippen molar-refractivity contribution in [3.05, 3.63) is 105 Å². The third-order valence-corrected chi connectivity index (χ3v) is 7.57. The predicted octanol–water partition coefficient (Wildman–Crippen LogP) is 6.31. The van der Waals surface area contributed by atoms with E-state index in [2.05, 4.69) is 60.7 Å². The summed E-state index contributed by atoms with van der Waals surface area (Å²) < 4.78 is 0. The van der Waals surface area contributed by atoms with Gasteiger partial charge in [-0.1, -0.05) is 72.8 Å². The van der Waals surface area contributed by atoms with Gasteiger partial charge in [-0.3, -0.25) is 0 Å². The van der Waals surface area contributed by atoms with Gasteiger partial charge in [0.25, 0.3) is 0 Å². The van der Waals surface area contributed by atoms with Crippen LogP contribution in [0.5, 0.6) is 0 Å². The van der Waals surface area contributed by atoms with E-state index in [4.69, 9.17) is 50.5 Å². The molecule has 2 aliphatic carbocycles. The van der Waals surface area contributed by atoms with Crippen molar-refractivity contribution in [2.24, 2.45) is 0 Å². The van der Waals surface area contributed by atoms with Crippen LogP contribution in [0.4, 0.5) is 0 Å². The monoisotopic (exact) mass is 514 g/mol. The van der Waals surface area contributed by atoms with Crippen molar-refractivity contribution in [1.29, 1.82) is 0 Å². The Morgan fingerprint density at radius 3 is 1.23 bits per heavy atom. The van der Waals surface area contributed by atoms with E-state index in [0.717, 1.165) is 43.6 Å². The van der Waals surface area contributed by atoms with Crippen LogP contribution in [0.15, 0.2) is 82.6 Å². The van der Waals surface area contributed by atoms with Crippen molar-refractivity contribution in [2.45, 2.75) is 12.8 Å². The van der Waals surface area contributed by atoms with Gasteiger partial charge in [0.1, 0.15) is 0 Å². The number of rotatable bonds is 0. The van der Waals surface area contributed by atoms with Crippen molar-refractivity contribution in [1.82, 2.24) is 0 Å². The van der Waals surface area contributed by atoms with Crippen molar-refractivity contribution in [3.8, 4) is 0 Å². The molecule has 0 N–H and O–H groups in total. The molecule has 4 aromatic carbocycles. The SMILES string of the molecule is [Ni].[S-]C1=C([S-])c2cccc3cccc(c23)C1.[S-]C1=C([S-])c2cccc3cccc(c23)C1. The topological polar surface area (TPSA) is 0 Å². The van der Waals surface area contributed by atoms with Gasteiger partial charge < -0.3 is 50.5 Å². The van der Waals surface area contributed by atoms with Crippen molar-refractivity contribution >= 4 is 81.9 Å². The molecule has 0 heterocycles. The second-order valence-electron chi connectivity index (χ2n) is 7.50. The van der Waals surface area contributed by atoms with Crippen molar-refractivity contribution in [2.75, 3.05) is 0 Å². The van der Waals surface area contributed by atoms with Crippen LogP contribution in [0.2, 0.25) is 0 Å². The van der Waals surface area contributed by atoms with Crippen LogP contribution in [-0.2, 0) is 79.8 Å². The molecule has 0 spiro atoms. The molecule has 0 aromatic heterocycles. The van der Waals surface area contributed by atoms with Gasteiger partial charge in [-0.15, -0.1) is 0 Å². The molecule has 0 amide bonds. The molecule has 6 rings (SSSR count). The van der Waals surface area contributed by atoms with Crippen molar-refractivity contribution in [3.63, 3.8) is 0 Å². The molecule has 0 aliphatic heterocycles. The second-order valence-corrected chi connectivity index (χ2v) is 9.30. The average Bonchev–Trinajstić information content (AvgIpc) is 2.76. The number of allylic oxidation sites excluding steroid dienone is 2. The van der Waals surface area contributed by atoms with Crippen LogP contribution in [-0.4, -0.2) is 0 Å². The molecule has 0 nitrogen and oxygen atoms in total. The zero-order valence-electron chi connectivity index (χ0n) is 16.3. The third-order valence-electron chi connectivity index (χ3n) is 5.68. The van der Waals surface area contributed by atoms with Gasteiger partial charge in [-0.05, 0) is 56.6 Å². The molecule has 0 fully saturated rings. The van der Waals surface area contributed by atoms with Crippen LogP contribution in [0.25, 0.3) is 31.4 Å². The fraction of sp³-hybridized carbons (Fsp3) is 0.0769. The fourth-order valence-electron chi connectivity index (χ4n) is 4.32. The first-order chi connectivity index (χ1) is 14.5. The summed E-state index contributed by atoms with van der Waals surface area (Å²) in [5, 5.41) is 5.10. The molecule has 0 saturated heterocycles. The first kappa shape index (κ1) is 22.4. The zero-order valence-corrected chi connectivity index (χ0v) is 20.5. The fourth-order valence-corrected chi connectivity index (χ4v) is 5.33. The average molecular weight is 515 g/mol. The van der Waals surface area contributed by atoms with E-state index in [1.165, 1.54) is 32.7 Å². The first-order valence-corrected chi connectivity index (χ1v) is 11.3. The molecule has 31 heavy (non-hydrogen) atoms. The molecular weight excluding hydrogens is 499 g/mol. The summed E-state index contributed by atoms with van der Waals surface area (Å²) in [6, 6.07) is 25.2. The van der Waals surface area contributed by atoms with Crippen LogP contribution < -0.4 is 0 Å². The molecule has 0 saturated carbocycles. The number of hydrogen-bond acceptors (Lipinski definition) is 4. The summed E-state index contributed by atoms with van der Waals surface area (Å²) in [7, 11) is 0. The van der Waals surface area contributed by atoms with E-state index < -0.39 is 0 Å². The summed E-state index contributed by atoms with van der Waals surface area (Å²) in [6.07, 6.45) is 1.64. The van der Waals surface area contributed by atoms with E-state index in [9.17, 15) is 0 Å². The van der Waals surface area contributed by atoms with Crippen LogP contribution in [0.1, 0.15) is 22.3 Å². The Balaban J connectivity index is 0.000000144. The Kier molecular flexibility index (Phi) is 6.53. The summed E-state index contributed by atoms with van der Waals surface area (Å²) in [4.78, 5) is 3.51. The summed E-state index contributed by atoms with van der Waals surface area (Å²) >= 11 is 21.4. The first-order valence-electron chi connectivity index (χ1n) is 9.71. The Bertz CT molecular complexity index is 1270. The van der Waals surface area contributed by atoms with Gasteiger partial charge in [0.05, 0.1) is 0 Å². The maximum absolute atomic E-state index is 5.38. The van der Waals surface area contributed by atoms with Crippen LogP contribution >= 0.6 is 0 Å². The Morgan fingerprint density at radius 1 is 0.484 bits per heavy atom. The standard InChI is InChI=1S/2C13H10S2.Ni/c2*14-11-7-9-5-1-3-8-4-2-6-10(12(8)9)13(11)15;/h2*1-6,14-15H,7H2;/p-4. The van der Waals surface area contributed by atoms with Gasteiger partial charge in [-0.2, -0.15) is 9.81 Å². The van der Waals surface area contributed by atoms with E-state index in [1.807, 2.05) is 12.1 Å². The summed E-state index contributed by atoms with van der Waals surface area (Å²) in [5.41, 5.74) is 4.88. The minimum atomic E-state index is 0. The minimum Gasteiger partial charge on any atom is -0.785 e. The smallest absolute Gasteiger partial charge is 0 e. The van der Waals surface area contributed by atoms with Gasteiger partial charge in [0.15, 0.2) is 0 Å². The maximum atomic E-state index is 5.38. The van der Waals surface area contributed by atoms with Crippen LogP contribution in [0, 0.1) is 0 Å². The van der Waals surface area contributed by atoms with E-state index in [0.29, 0.717) is 0 Å². The second kappa shape index (κ2) is 9.01. The normalized spacial score (nSPS) is 14.2. The number of benzene rings is 4. The number of hydrogen-bond donors (Lipinski definition) is 0. The Labute approximate surface area is 214 Å². The molecule has 2 aliphatic rings. The van der Waals surface area contributed by atoms with Gasteiger partial charge in [-0.25, -0.2) is 9.81 Å². The van der Waals surface area contributed by atoms with Gasteiger partial charge in [0, 0.05) is 16.5 Å². The molecule has 0 bridgehead atoms. The Morgan fingerprint density at radius 2 is 0.839 bits per heavy atom. The van der Waals surface area contributed by atoms with Gasteiger partial charge in [0.2, 0.25) is 0 Å². The Hall–Kier alpha value is -1.75. The molecule has 158 valence electrons. The summed E-state index contributed by atoms with van der Waals surface area (Å²) in [6.45, 7) is 0. The molecule has 0 unspecified atom stereocenters.